The lowest BCUT2D eigenvalue weighted by molar-refractivity contribution is -0.140. The minimum atomic E-state index is -0.407. The highest BCUT2D eigenvalue weighted by molar-refractivity contribution is 6.04. The van der Waals surface area contributed by atoms with Crippen LogP contribution in [0.4, 0.5) is 0 Å². The molecular weight excluding hydrogens is 366 g/mol. The molecule has 0 amide bonds. The molecular formula is C24H31NO4. The number of esters is 1. The molecule has 29 heavy (non-hydrogen) atoms. The molecule has 1 heterocycles. The van der Waals surface area contributed by atoms with Crippen LogP contribution in [0.3, 0.4) is 0 Å². The predicted molar refractivity (Wildman–Crippen MR) is 112 cm³/mol. The van der Waals surface area contributed by atoms with Crippen molar-refractivity contribution in [3.05, 3.63) is 57.9 Å². The first-order valence-electron chi connectivity index (χ1n) is 10.3. The average molecular weight is 398 g/mol. The number of carbonyl (C=O) groups excluding carboxylic acids is 2. The van der Waals surface area contributed by atoms with Crippen LogP contribution in [0.15, 0.2) is 46.8 Å². The summed E-state index contributed by atoms with van der Waals surface area (Å²) < 4.78 is 10.8. The Labute approximate surface area is 173 Å². The van der Waals surface area contributed by atoms with E-state index in [0.717, 1.165) is 28.9 Å². The molecule has 0 saturated carbocycles. The summed E-state index contributed by atoms with van der Waals surface area (Å²) in [6.07, 6.45) is 1.25. The Kier molecular flexibility index (Phi) is 6.27. The van der Waals surface area contributed by atoms with Gasteiger partial charge in [-0.1, -0.05) is 38.1 Å². The first-order chi connectivity index (χ1) is 13.7. The Morgan fingerprint density at radius 3 is 2.59 bits per heavy atom. The molecule has 1 aromatic rings. The van der Waals surface area contributed by atoms with Gasteiger partial charge < -0.3 is 14.8 Å². The van der Waals surface area contributed by atoms with E-state index in [1.165, 1.54) is 0 Å². The van der Waals surface area contributed by atoms with Gasteiger partial charge in [-0.15, -0.1) is 0 Å². The lowest BCUT2D eigenvalue weighted by Gasteiger charge is -2.39. The average Bonchev–Trinajstić information content (AvgIpc) is 2.63. The summed E-state index contributed by atoms with van der Waals surface area (Å²) in [5.74, 6) is -0.702. The Balaban J connectivity index is 2.05. The maximum absolute atomic E-state index is 13.2. The highest BCUT2D eigenvalue weighted by Gasteiger charge is 2.43. The van der Waals surface area contributed by atoms with Crippen molar-refractivity contribution < 1.29 is 19.1 Å². The van der Waals surface area contributed by atoms with Crippen molar-refractivity contribution in [1.29, 1.82) is 0 Å². The zero-order chi connectivity index (χ0) is 21.2. The largest absolute Gasteiger partial charge is 0.460 e. The summed E-state index contributed by atoms with van der Waals surface area (Å²) in [5.41, 5.74) is 4.84. The van der Waals surface area contributed by atoms with E-state index in [4.69, 9.17) is 9.47 Å². The fourth-order valence-electron chi connectivity index (χ4n) is 4.34. The van der Waals surface area contributed by atoms with E-state index < -0.39 is 11.9 Å². The molecule has 0 saturated heterocycles. The minimum absolute atomic E-state index is 0.101. The molecule has 1 aromatic carbocycles. The van der Waals surface area contributed by atoms with Gasteiger partial charge >= 0.3 is 5.97 Å². The number of ether oxygens (including phenoxy) is 2. The second-order valence-corrected chi connectivity index (χ2v) is 8.62. The minimum Gasteiger partial charge on any atom is -0.460 e. The highest BCUT2D eigenvalue weighted by atomic mass is 16.6. The van der Waals surface area contributed by atoms with E-state index in [9.17, 15) is 9.59 Å². The Morgan fingerprint density at radius 2 is 1.90 bits per heavy atom. The number of hydrogen-bond acceptors (Lipinski definition) is 5. The molecule has 0 bridgehead atoms. The van der Waals surface area contributed by atoms with Crippen molar-refractivity contribution >= 4 is 11.8 Å². The van der Waals surface area contributed by atoms with Gasteiger partial charge in [-0.05, 0) is 43.7 Å². The zero-order valence-corrected chi connectivity index (χ0v) is 18.1. The second-order valence-electron chi connectivity index (χ2n) is 8.62. The van der Waals surface area contributed by atoms with Crippen LogP contribution in [-0.2, 0) is 19.1 Å². The summed E-state index contributed by atoms with van der Waals surface area (Å²) in [6.45, 7) is 11.1. The Morgan fingerprint density at radius 1 is 1.17 bits per heavy atom. The van der Waals surface area contributed by atoms with Crippen LogP contribution in [-0.4, -0.2) is 31.6 Å². The first kappa shape index (κ1) is 21.3. The van der Waals surface area contributed by atoms with Crippen LogP contribution in [0.5, 0.6) is 0 Å². The van der Waals surface area contributed by atoms with Crippen molar-refractivity contribution in [1.82, 2.24) is 5.32 Å². The molecule has 5 heteroatoms. The smallest absolute Gasteiger partial charge is 0.336 e. The maximum atomic E-state index is 13.2. The topological polar surface area (TPSA) is 64.6 Å². The van der Waals surface area contributed by atoms with Crippen LogP contribution in [0.25, 0.3) is 0 Å². The van der Waals surface area contributed by atoms with Crippen molar-refractivity contribution in [2.24, 2.45) is 5.41 Å². The highest BCUT2D eigenvalue weighted by Crippen LogP contribution is 2.47. The van der Waals surface area contributed by atoms with Gasteiger partial charge in [0, 0.05) is 35.9 Å². The number of allylic oxidation sites excluding steroid dienone is 3. The number of rotatable bonds is 6. The normalized spacial score (nSPS) is 21.0. The molecule has 2 aliphatic rings. The number of nitrogens with one attached hydrogen (secondary N) is 1. The number of dihydropyridines is 1. The van der Waals surface area contributed by atoms with Crippen LogP contribution < -0.4 is 5.32 Å². The van der Waals surface area contributed by atoms with Crippen LogP contribution in [0, 0.1) is 12.3 Å². The fourth-order valence-corrected chi connectivity index (χ4v) is 4.34. The van der Waals surface area contributed by atoms with Crippen molar-refractivity contribution in [2.75, 3.05) is 19.8 Å². The van der Waals surface area contributed by atoms with Crippen molar-refractivity contribution in [3.63, 3.8) is 0 Å². The standard InChI is InChI=1S/C24H31NO4/c1-6-28-11-12-29-23(27)20-16(3)25-18-13-24(4,5)14-19(26)22(18)21(20)17-10-8-7-9-15(17)2/h7-10,21,25H,6,11-14H2,1-5H3. The fraction of sp³-hybridized carbons (Fsp3) is 0.500. The second kappa shape index (κ2) is 8.54. The summed E-state index contributed by atoms with van der Waals surface area (Å²) in [5, 5.41) is 3.36. The van der Waals surface area contributed by atoms with E-state index in [2.05, 4.69) is 19.2 Å². The lowest BCUT2D eigenvalue weighted by atomic mass is 9.68. The molecule has 3 rings (SSSR count). The van der Waals surface area contributed by atoms with Gasteiger partial charge in [0.05, 0.1) is 12.2 Å². The molecule has 1 unspecified atom stereocenters. The molecule has 0 fully saturated rings. The summed E-state index contributed by atoms with van der Waals surface area (Å²) in [7, 11) is 0. The number of ketones is 1. The molecule has 0 radical (unpaired) electrons. The van der Waals surface area contributed by atoms with E-state index >= 15 is 0 Å². The number of benzene rings is 1. The molecule has 1 N–H and O–H groups in total. The molecule has 156 valence electrons. The van der Waals surface area contributed by atoms with Gasteiger partial charge in [0.15, 0.2) is 5.78 Å². The summed E-state index contributed by atoms with van der Waals surface area (Å²) >= 11 is 0. The van der Waals surface area contributed by atoms with E-state index in [-0.39, 0.29) is 17.8 Å². The molecule has 0 aromatic heterocycles. The van der Waals surface area contributed by atoms with Crippen LogP contribution in [0.2, 0.25) is 0 Å². The molecule has 1 aliphatic heterocycles. The Hall–Kier alpha value is -2.40. The molecule has 1 aliphatic carbocycles. The number of carbonyl (C=O) groups is 2. The molecule has 0 spiro atoms. The molecule has 5 nitrogen and oxygen atoms in total. The van der Waals surface area contributed by atoms with E-state index in [0.29, 0.717) is 30.8 Å². The monoisotopic (exact) mass is 397 g/mol. The maximum Gasteiger partial charge on any atom is 0.336 e. The molecule has 1 atom stereocenters. The van der Waals surface area contributed by atoms with Gasteiger partial charge in [-0.2, -0.15) is 0 Å². The summed E-state index contributed by atoms with van der Waals surface area (Å²) in [6, 6.07) is 7.94. The van der Waals surface area contributed by atoms with Gasteiger partial charge in [0.25, 0.3) is 0 Å². The van der Waals surface area contributed by atoms with Crippen LogP contribution in [0.1, 0.15) is 57.6 Å². The van der Waals surface area contributed by atoms with E-state index in [1.807, 2.05) is 45.0 Å². The SMILES string of the molecule is CCOCCOC(=O)C1=C(C)NC2=C(C(=O)CC(C)(C)C2)C1c1ccccc1C. The quantitative estimate of drug-likeness (QED) is 0.576. The van der Waals surface area contributed by atoms with Crippen molar-refractivity contribution in [2.45, 2.75) is 53.4 Å². The number of hydrogen-bond donors (Lipinski definition) is 1. The third-order valence-corrected chi connectivity index (χ3v) is 5.62. The van der Waals surface area contributed by atoms with Crippen molar-refractivity contribution in [3.8, 4) is 0 Å². The number of aryl methyl sites for hydroxylation is 1. The van der Waals surface area contributed by atoms with E-state index in [1.54, 1.807) is 0 Å². The zero-order valence-electron chi connectivity index (χ0n) is 18.1. The number of Topliss-reactive ketones (excluding diaryl/α,β-unsaturated/α-hetero) is 1. The van der Waals surface area contributed by atoms with Gasteiger partial charge in [-0.3, -0.25) is 4.79 Å². The third-order valence-electron chi connectivity index (χ3n) is 5.62. The van der Waals surface area contributed by atoms with Gasteiger partial charge in [-0.25, -0.2) is 4.79 Å². The predicted octanol–water partition coefficient (Wildman–Crippen LogP) is 4.18. The van der Waals surface area contributed by atoms with Gasteiger partial charge in [0.2, 0.25) is 0 Å². The summed E-state index contributed by atoms with van der Waals surface area (Å²) in [4.78, 5) is 26.3. The van der Waals surface area contributed by atoms with Crippen LogP contribution >= 0.6 is 0 Å². The third kappa shape index (κ3) is 4.45. The van der Waals surface area contributed by atoms with Gasteiger partial charge in [0.1, 0.15) is 6.61 Å². The lowest BCUT2D eigenvalue weighted by Crippen LogP contribution is -2.39. The Bertz CT molecular complexity index is 879. The first-order valence-corrected chi connectivity index (χ1v) is 10.3.